The summed E-state index contributed by atoms with van der Waals surface area (Å²) in [6, 6.07) is -3.20. The van der Waals surface area contributed by atoms with Gasteiger partial charge in [-0.05, 0) is 69.4 Å². The molecule has 1 spiro atoms. The van der Waals surface area contributed by atoms with Crippen molar-refractivity contribution in [3.8, 4) is 67.5 Å². The molecule has 0 radical (unpaired) electrons. The van der Waals surface area contributed by atoms with Gasteiger partial charge in [0, 0.05) is 27.6 Å². The zero-order chi connectivity index (χ0) is 51.2. The standard InChI is InChI=1S/C45H35N3/c1-4-13-32(14-5-1)42-46-43(33-15-6-2-7-16-33)48-44(47-42)34-23-21-31(22-24-34)35-17-12-18-36(29-35)37-25-26-39-38-19-8-9-20-40(38)45(41(39)30-37)27-10-3-11-28-45/h1-2,4-9,12-26,29-30H,3,10-11,27-28H2/i1D,2D,4D,5D,6D,7D,12D,13D,14D,15D,16D,17D,18D,21D,22D,23D,24D,27D2,28D2,29D. The third-order valence-corrected chi connectivity index (χ3v) is 8.27. The number of benzene rings is 6. The van der Waals surface area contributed by atoms with Crippen LogP contribution >= 0.6 is 0 Å². The lowest BCUT2D eigenvalue weighted by Gasteiger charge is -2.36. The molecule has 0 unspecified atom stereocenters. The molecule has 1 heterocycles. The fourth-order valence-electron chi connectivity index (χ4n) is 6.12. The first kappa shape index (κ1) is 13.8. The summed E-state index contributed by atoms with van der Waals surface area (Å²) in [6.07, 6.45) is -3.92. The van der Waals surface area contributed by atoms with E-state index in [4.69, 9.17) is 17.8 Å². The van der Waals surface area contributed by atoms with Crippen LogP contribution in [0.2, 0.25) is 0 Å². The van der Waals surface area contributed by atoms with E-state index in [1.165, 1.54) is 12.1 Å². The highest BCUT2D eigenvalue weighted by molar-refractivity contribution is 5.85. The molecule has 1 aromatic heterocycles. The van der Waals surface area contributed by atoms with Crippen molar-refractivity contribution in [2.45, 2.75) is 37.4 Å². The molecule has 0 atom stereocenters. The molecule has 0 amide bonds. The second-order valence-corrected chi connectivity index (χ2v) is 11.1. The van der Waals surface area contributed by atoms with Crippen LogP contribution < -0.4 is 0 Å². The second kappa shape index (κ2) is 11.8. The smallest absolute Gasteiger partial charge is 0.164 e. The van der Waals surface area contributed by atoms with E-state index >= 15 is 0 Å². The largest absolute Gasteiger partial charge is 0.208 e. The van der Waals surface area contributed by atoms with Gasteiger partial charge in [-0.3, -0.25) is 0 Å². The molecular weight excluding hydrogens is 583 g/mol. The zero-order valence-electron chi connectivity index (χ0n) is 47.0. The molecule has 6 aromatic carbocycles. The molecule has 3 nitrogen and oxygen atoms in total. The monoisotopic (exact) mass is 639 g/mol. The summed E-state index contributed by atoms with van der Waals surface area (Å²) in [6.45, 7) is 0. The molecule has 0 aliphatic heterocycles. The van der Waals surface area contributed by atoms with Gasteiger partial charge in [0.25, 0.3) is 0 Å². The van der Waals surface area contributed by atoms with E-state index < -0.39 is 172 Å². The number of hydrogen-bond donors (Lipinski definition) is 0. The minimum Gasteiger partial charge on any atom is -0.208 e. The molecule has 1 saturated carbocycles. The third kappa shape index (κ3) is 4.94. The molecular formula is C45H35N3. The van der Waals surface area contributed by atoms with Crippen LogP contribution in [0, 0.1) is 0 Å². The van der Waals surface area contributed by atoms with Crippen LogP contribution in [0.15, 0.2) is 151 Å². The summed E-state index contributed by atoms with van der Waals surface area (Å²) < 4.78 is 195. The van der Waals surface area contributed by atoms with Crippen LogP contribution in [0.5, 0.6) is 0 Å². The maximum atomic E-state index is 9.54. The summed E-state index contributed by atoms with van der Waals surface area (Å²) in [5.41, 5.74) is -3.55. The van der Waals surface area contributed by atoms with Crippen molar-refractivity contribution < 1.29 is 30.2 Å². The molecule has 9 rings (SSSR count). The normalized spacial score (nSPS) is 23.0. The first-order chi connectivity index (χ1) is 32.7. The molecule has 230 valence electrons. The first-order valence-corrected chi connectivity index (χ1v) is 15.1. The zero-order valence-corrected chi connectivity index (χ0v) is 25.0. The summed E-state index contributed by atoms with van der Waals surface area (Å²) in [5.74, 6) is -2.22. The predicted molar refractivity (Wildman–Crippen MR) is 196 cm³/mol. The molecule has 0 saturated heterocycles. The summed E-state index contributed by atoms with van der Waals surface area (Å²) in [5, 5.41) is 0. The molecule has 7 aromatic rings. The Kier molecular flexibility index (Phi) is 3.41. The SMILES string of the molecule is [2H]c1c([2H])c([2H])c(-c2nc(-c3c([2H])c([2H])c([2H])c([2H])c3[2H])nc(-c3c([2H])c([2H])c(-c4c([2H])c([2H])c([2H])c(-c5ccc6c(c5)C5(c7ccccc7-6)C([2H])([2H])CCCC5([2H])[2H])c4[2H])c([2H])c3[2H])n2)c([2H])c1[2H]. The van der Waals surface area contributed by atoms with Gasteiger partial charge in [-0.1, -0.05) is 158 Å². The van der Waals surface area contributed by atoms with Crippen molar-refractivity contribution in [2.24, 2.45) is 0 Å². The Morgan fingerprint density at radius 2 is 0.979 bits per heavy atom. The topological polar surface area (TPSA) is 38.7 Å². The molecule has 0 N–H and O–H groups in total. The lowest BCUT2D eigenvalue weighted by atomic mass is 9.67. The van der Waals surface area contributed by atoms with Crippen LogP contribution in [0.25, 0.3) is 67.5 Å². The highest BCUT2D eigenvalue weighted by Crippen LogP contribution is 2.56. The van der Waals surface area contributed by atoms with Crippen molar-refractivity contribution in [1.29, 1.82) is 0 Å². The van der Waals surface area contributed by atoms with Crippen molar-refractivity contribution >= 4 is 0 Å². The van der Waals surface area contributed by atoms with E-state index in [2.05, 4.69) is 15.0 Å². The predicted octanol–water partition coefficient (Wildman–Crippen LogP) is 11.4. The average Bonchev–Trinajstić information content (AvgIpc) is 3.62. The van der Waals surface area contributed by atoms with Gasteiger partial charge in [0.2, 0.25) is 0 Å². The lowest BCUT2D eigenvalue weighted by molar-refractivity contribution is 0.353. The molecule has 2 aliphatic rings. The molecule has 48 heavy (non-hydrogen) atoms. The van der Waals surface area contributed by atoms with E-state index in [9.17, 15) is 12.3 Å². The van der Waals surface area contributed by atoms with Gasteiger partial charge in [0.15, 0.2) is 17.5 Å². The van der Waals surface area contributed by atoms with Crippen molar-refractivity contribution in [1.82, 2.24) is 15.0 Å². The minimum absolute atomic E-state index is 0.0285. The molecule has 0 bridgehead atoms. The number of aromatic nitrogens is 3. The van der Waals surface area contributed by atoms with Crippen LogP contribution in [-0.2, 0) is 5.41 Å². The van der Waals surface area contributed by atoms with Gasteiger partial charge in [0.05, 0.1) is 24.7 Å². The van der Waals surface area contributed by atoms with Crippen LogP contribution in [0.3, 0.4) is 0 Å². The Morgan fingerprint density at radius 1 is 0.458 bits per heavy atom. The maximum Gasteiger partial charge on any atom is 0.164 e. The van der Waals surface area contributed by atoms with Gasteiger partial charge < -0.3 is 0 Å². The van der Waals surface area contributed by atoms with Gasteiger partial charge >= 0.3 is 0 Å². The van der Waals surface area contributed by atoms with Gasteiger partial charge in [-0.15, -0.1) is 0 Å². The van der Waals surface area contributed by atoms with Gasteiger partial charge in [-0.2, -0.15) is 0 Å². The second-order valence-electron chi connectivity index (χ2n) is 11.1. The Labute approximate surface area is 313 Å². The van der Waals surface area contributed by atoms with E-state index in [1.54, 1.807) is 30.3 Å². The average molecular weight is 640 g/mol. The third-order valence-electron chi connectivity index (χ3n) is 8.27. The Hall–Kier alpha value is -5.67. The van der Waals surface area contributed by atoms with Crippen molar-refractivity contribution in [3.05, 3.63) is 162 Å². The van der Waals surface area contributed by atoms with Crippen molar-refractivity contribution in [3.63, 3.8) is 0 Å². The lowest BCUT2D eigenvalue weighted by Crippen LogP contribution is -2.28. The number of fused-ring (bicyclic) bond motifs is 5. The Morgan fingerprint density at radius 3 is 1.62 bits per heavy atom. The molecule has 2 aliphatic carbocycles. The van der Waals surface area contributed by atoms with Crippen LogP contribution in [-0.4, -0.2) is 15.0 Å². The van der Waals surface area contributed by atoms with E-state index in [-0.39, 0.29) is 36.0 Å². The van der Waals surface area contributed by atoms with E-state index in [0.717, 1.165) is 0 Å². The fourth-order valence-corrected chi connectivity index (χ4v) is 6.12. The maximum absolute atomic E-state index is 9.54. The molecule has 3 heteroatoms. The van der Waals surface area contributed by atoms with E-state index in [1.807, 2.05) is 0 Å². The highest BCUT2D eigenvalue weighted by atomic mass is 15.0. The van der Waals surface area contributed by atoms with Gasteiger partial charge in [0.1, 0.15) is 0 Å². The Bertz CT molecular complexity index is 3290. The quantitative estimate of drug-likeness (QED) is 0.188. The number of rotatable bonds is 5. The first-order valence-electron chi connectivity index (χ1n) is 26.1. The van der Waals surface area contributed by atoms with Crippen molar-refractivity contribution in [2.75, 3.05) is 0 Å². The van der Waals surface area contributed by atoms with E-state index in [0.29, 0.717) is 16.7 Å². The van der Waals surface area contributed by atoms with Crippen LogP contribution in [0.4, 0.5) is 0 Å². The fraction of sp³-hybridized carbons (Fsp3) is 0.133. The number of hydrogen-bond acceptors (Lipinski definition) is 3. The summed E-state index contributed by atoms with van der Waals surface area (Å²) in [7, 11) is 0. The summed E-state index contributed by atoms with van der Waals surface area (Å²) >= 11 is 0. The highest BCUT2D eigenvalue weighted by Gasteiger charge is 2.43. The Balaban J connectivity index is 1.29. The van der Waals surface area contributed by atoms with Gasteiger partial charge in [-0.25, -0.2) is 15.0 Å². The van der Waals surface area contributed by atoms with Crippen LogP contribution in [0.1, 0.15) is 73.3 Å². The molecule has 1 fully saturated rings. The number of nitrogens with zero attached hydrogens (tertiary/aromatic N) is 3. The minimum atomic E-state index is -2.13. The summed E-state index contributed by atoms with van der Waals surface area (Å²) in [4.78, 5) is 12.7.